The van der Waals surface area contributed by atoms with Crippen LogP contribution in [0.25, 0.3) is 0 Å². The molecule has 2 rings (SSSR count). The SMILES string of the molecule is CCNC(=NCc1ccc(C(F)(F)F)cc1)NCc1ncc(C)s1. The van der Waals surface area contributed by atoms with Gasteiger partial charge in [-0.1, -0.05) is 12.1 Å². The van der Waals surface area contributed by atoms with Crippen LogP contribution in [0.3, 0.4) is 0 Å². The van der Waals surface area contributed by atoms with Crippen LogP contribution in [0.1, 0.15) is 27.9 Å². The van der Waals surface area contributed by atoms with Gasteiger partial charge in [-0.05, 0) is 31.5 Å². The maximum absolute atomic E-state index is 12.5. The van der Waals surface area contributed by atoms with Crippen LogP contribution in [0, 0.1) is 6.92 Å². The number of nitrogens with zero attached hydrogens (tertiary/aromatic N) is 2. The molecule has 0 atom stereocenters. The molecular formula is C16H19F3N4S. The number of hydrogen-bond donors (Lipinski definition) is 2. The van der Waals surface area contributed by atoms with Gasteiger partial charge < -0.3 is 10.6 Å². The normalized spacial score (nSPS) is 12.3. The van der Waals surface area contributed by atoms with Crippen molar-refractivity contribution in [2.24, 2.45) is 4.99 Å². The molecule has 1 aromatic carbocycles. The number of alkyl halides is 3. The third-order valence-corrected chi connectivity index (χ3v) is 4.03. The Morgan fingerprint density at radius 3 is 2.46 bits per heavy atom. The summed E-state index contributed by atoms with van der Waals surface area (Å²) in [7, 11) is 0. The Balaban J connectivity index is 1.97. The Kier molecular flexibility index (Phi) is 6.19. The van der Waals surface area contributed by atoms with Crippen LogP contribution < -0.4 is 10.6 Å². The second-order valence-electron chi connectivity index (χ2n) is 5.11. The van der Waals surface area contributed by atoms with Gasteiger partial charge in [0, 0.05) is 17.6 Å². The van der Waals surface area contributed by atoms with Crippen LogP contribution in [-0.2, 0) is 19.3 Å². The van der Waals surface area contributed by atoms with E-state index >= 15 is 0 Å². The predicted octanol–water partition coefficient (Wildman–Crippen LogP) is 3.73. The first-order valence-corrected chi connectivity index (χ1v) is 8.29. The van der Waals surface area contributed by atoms with Gasteiger partial charge in [-0.25, -0.2) is 9.98 Å². The molecule has 24 heavy (non-hydrogen) atoms. The first-order chi connectivity index (χ1) is 11.4. The van der Waals surface area contributed by atoms with Crippen molar-refractivity contribution >= 4 is 17.3 Å². The van der Waals surface area contributed by atoms with Crippen molar-refractivity contribution < 1.29 is 13.2 Å². The lowest BCUT2D eigenvalue weighted by Gasteiger charge is -2.10. The van der Waals surface area contributed by atoms with Gasteiger partial charge in [-0.15, -0.1) is 11.3 Å². The summed E-state index contributed by atoms with van der Waals surface area (Å²) in [6.07, 6.45) is -2.50. The molecule has 1 heterocycles. The molecule has 0 aliphatic heterocycles. The number of thiazole rings is 1. The average molecular weight is 356 g/mol. The lowest BCUT2D eigenvalue weighted by Crippen LogP contribution is -2.36. The third-order valence-electron chi connectivity index (χ3n) is 3.12. The van der Waals surface area contributed by atoms with Crippen molar-refractivity contribution in [1.29, 1.82) is 0 Å². The number of guanidine groups is 1. The average Bonchev–Trinajstić information content (AvgIpc) is 2.95. The first-order valence-electron chi connectivity index (χ1n) is 7.48. The monoisotopic (exact) mass is 356 g/mol. The molecule has 8 heteroatoms. The van der Waals surface area contributed by atoms with Gasteiger partial charge in [0.2, 0.25) is 0 Å². The zero-order valence-electron chi connectivity index (χ0n) is 13.4. The van der Waals surface area contributed by atoms with E-state index in [0.717, 1.165) is 22.0 Å². The zero-order chi connectivity index (χ0) is 17.6. The van der Waals surface area contributed by atoms with Crippen LogP contribution in [0.2, 0.25) is 0 Å². The van der Waals surface area contributed by atoms with E-state index in [4.69, 9.17) is 0 Å². The van der Waals surface area contributed by atoms with Crippen LogP contribution >= 0.6 is 11.3 Å². The van der Waals surface area contributed by atoms with E-state index in [1.54, 1.807) is 11.3 Å². The lowest BCUT2D eigenvalue weighted by atomic mass is 10.1. The quantitative estimate of drug-likeness (QED) is 0.634. The second kappa shape index (κ2) is 8.14. The number of rotatable bonds is 5. The Labute approximate surface area is 142 Å². The van der Waals surface area contributed by atoms with E-state index < -0.39 is 11.7 Å². The van der Waals surface area contributed by atoms with E-state index in [1.807, 2.05) is 20.0 Å². The highest BCUT2D eigenvalue weighted by Crippen LogP contribution is 2.29. The van der Waals surface area contributed by atoms with Gasteiger partial charge in [-0.2, -0.15) is 13.2 Å². The summed E-state index contributed by atoms with van der Waals surface area (Å²) in [6.45, 7) is 5.48. The highest BCUT2D eigenvalue weighted by molar-refractivity contribution is 7.11. The molecule has 1 aromatic heterocycles. The fraction of sp³-hybridized carbons (Fsp3) is 0.375. The molecule has 0 saturated heterocycles. The van der Waals surface area contributed by atoms with E-state index in [1.165, 1.54) is 12.1 Å². The Hall–Kier alpha value is -2.09. The zero-order valence-corrected chi connectivity index (χ0v) is 14.3. The van der Waals surface area contributed by atoms with Crippen molar-refractivity contribution in [2.45, 2.75) is 33.1 Å². The molecule has 0 unspecified atom stereocenters. The summed E-state index contributed by atoms with van der Waals surface area (Å²) in [6, 6.07) is 5.03. The van der Waals surface area contributed by atoms with E-state index in [9.17, 15) is 13.2 Å². The topological polar surface area (TPSA) is 49.3 Å². The molecule has 0 aliphatic carbocycles. The standard InChI is InChI=1S/C16H19F3N4S/c1-3-20-15(23-10-14-21-8-11(2)24-14)22-9-12-4-6-13(7-5-12)16(17,18)19/h4-8H,3,9-10H2,1-2H3,(H2,20,22,23). The van der Waals surface area contributed by atoms with Crippen molar-refractivity contribution in [3.63, 3.8) is 0 Å². The van der Waals surface area contributed by atoms with Crippen molar-refractivity contribution in [3.05, 3.63) is 51.5 Å². The molecule has 2 aromatic rings. The maximum atomic E-state index is 12.5. The molecular weight excluding hydrogens is 337 g/mol. The minimum absolute atomic E-state index is 0.296. The fourth-order valence-electron chi connectivity index (χ4n) is 1.95. The lowest BCUT2D eigenvalue weighted by molar-refractivity contribution is -0.137. The van der Waals surface area contributed by atoms with Crippen LogP contribution in [0.5, 0.6) is 0 Å². The minimum atomic E-state index is -4.32. The summed E-state index contributed by atoms with van der Waals surface area (Å²) in [5.74, 6) is 0.602. The van der Waals surface area contributed by atoms with Gasteiger partial charge in [-0.3, -0.25) is 0 Å². The number of benzene rings is 1. The fourth-order valence-corrected chi connectivity index (χ4v) is 2.68. The summed E-state index contributed by atoms with van der Waals surface area (Å²) in [4.78, 5) is 9.79. The van der Waals surface area contributed by atoms with E-state index in [2.05, 4.69) is 20.6 Å². The third kappa shape index (κ3) is 5.52. The maximum Gasteiger partial charge on any atom is 0.416 e. The molecule has 0 amide bonds. The highest BCUT2D eigenvalue weighted by atomic mass is 32.1. The molecule has 0 aliphatic rings. The van der Waals surface area contributed by atoms with Gasteiger partial charge in [0.25, 0.3) is 0 Å². The first kappa shape index (κ1) is 18.3. The largest absolute Gasteiger partial charge is 0.416 e. The van der Waals surface area contributed by atoms with Gasteiger partial charge in [0.1, 0.15) is 5.01 Å². The predicted molar refractivity (Wildman–Crippen MR) is 90.0 cm³/mol. The summed E-state index contributed by atoms with van der Waals surface area (Å²) in [5, 5.41) is 7.22. The summed E-state index contributed by atoms with van der Waals surface area (Å²) in [5.41, 5.74) is 0.0599. The Morgan fingerprint density at radius 2 is 1.92 bits per heavy atom. The number of aryl methyl sites for hydroxylation is 1. The van der Waals surface area contributed by atoms with Crippen LogP contribution in [-0.4, -0.2) is 17.5 Å². The van der Waals surface area contributed by atoms with Crippen molar-refractivity contribution in [1.82, 2.24) is 15.6 Å². The van der Waals surface area contributed by atoms with Crippen LogP contribution in [0.4, 0.5) is 13.2 Å². The van der Waals surface area contributed by atoms with Gasteiger partial charge >= 0.3 is 6.18 Å². The molecule has 4 nitrogen and oxygen atoms in total. The number of halogens is 3. The smallest absolute Gasteiger partial charge is 0.357 e. The van der Waals surface area contributed by atoms with Crippen LogP contribution in [0.15, 0.2) is 35.5 Å². The summed E-state index contributed by atoms with van der Waals surface area (Å²) >= 11 is 1.60. The number of aliphatic imine (C=N–C) groups is 1. The molecule has 2 N–H and O–H groups in total. The Bertz CT molecular complexity index is 677. The Morgan fingerprint density at radius 1 is 1.21 bits per heavy atom. The molecule has 0 spiro atoms. The second-order valence-corrected chi connectivity index (χ2v) is 6.43. The van der Waals surface area contributed by atoms with Gasteiger partial charge in [0.15, 0.2) is 5.96 Å². The molecule has 0 radical (unpaired) electrons. The molecule has 0 saturated carbocycles. The van der Waals surface area contributed by atoms with E-state index in [0.29, 0.717) is 31.2 Å². The number of nitrogens with one attached hydrogen (secondary N) is 2. The number of hydrogen-bond acceptors (Lipinski definition) is 3. The van der Waals surface area contributed by atoms with Crippen molar-refractivity contribution in [2.75, 3.05) is 6.54 Å². The summed E-state index contributed by atoms with van der Waals surface area (Å²) < 4.78 is 37.6. The number of aromatic nitrogens is 1. The molecule has 130 valence electrons. The van der Waals surface area contributed by atoms with Crippen molar-refractivity contribution in [3.8, 4) is 0 Å². The molecule has 0 fully saturated rings. The minimum Gasteiger partial charge on any atom is -0.357 e. The highest BCUT2D eigenvalue weighted by Gasteiger charge is 2.29. The van der Waals surface area contributed by atoms with E-state index in [-0.39, 0.29) is 0 Å². The van der Waals surface area contributed by atoms with Gasteiger partial charge in [0.05, 0.1) is 18.7 Å². The molecule has 0 bridgehead atoms.